The minimum atomic E-state index is 0.0639. The molecular weight excluding hydrogens is 254 g/mol. The van der Waals surface area contributed by atoms with Gasteiger partial charge in [-0.15, -0.1) is 5.10 Å². The van der Waals surface area contributed by atoms with Crippen molar-refractivity contribution in [2.75, 3.05) is 19.5 Å². The Morgan fingerprint density at radius 2 is 2.28 bits per heavy atom. The molecule has 0 amide bonds. The van der Waals surface area contributed by atoms with Gasteiger partial charge in [0.25, 0.3) is 0 Å². The SMILES string of the molecule is COc1cccc(O)c1-c1nc(SCCO)n[nH]1. The predicted molar refractivity (Wildman–Crippen MR) is 67.8 cm³/mol. The number of aliphatic hydroxyl groups is 1. The summed E-state index contributed by atoms with van der Waals surface area (Å²) in [5, 5.41) is 25.8. The smallest absolute Gasteiger partial charge is 0.208 e. The van der Waals surface area contributed by atoms with Crippen molar-refractivity contribution in [3.05, 3.63) is 18.2 Å². The van der Waals surface area contributed by atoms with Crippen LogP contribution in [0.5, 0.6) is 11.5 Å². The van der Waals surface area contributed by atoms with Crippen LogP contribution < -0.4 is 4.74 Å². The number of aromatic hydroxyl groups is 1. The van der Waals surface area contributed by atoms with Crippen LogP contribution in [0.1, 0.15) is 0 Å². The largest absolute Gasteiger partial charge is 0.507 e. The van der Waals surface area contributed by atoms with E-state index < -0.39 is 0 Å². The molecule has 2 aromatic rings. The number of rotatable bonds is 5. The van der Waals surface area contributed by atoms with Crippen molar-refractivity contribution in [2.24, 2.45) is 0 Å². The number of phenolic OH excluding ortho intramolecular Hbond substituents is 1. The number of nitrogens with one attached hydrogen (secondary N) is 1. The number of aliphatic hydroxyl groups excluding tert-OH is 1. The van der Waals surface area contributed by atoms with Crippen molar-refractivity contribution in [1.29, 1.82) is 0 Å². The van der Waals surface area contributed by atoms with Crippen molar-refractivity contribution < 1.29 is 14.9 Å². The molecule has 1 heterocycles. The summed E-state index contributed by atoms with van der Waals surface area (Å²) < 4.78 is 5.18. The molecule has 0 bridgehead atoms. The third-order valence-corrected chi connectivity index (χ3v) is 3.08. The first kappa shape index (κ1) is 12.7. The number of H-pyrrole nitrogens is 1. The highest BCUT2D eigenvalue weighted by molar-refractivity contribution is 7.99. The number of aromatic nitrogens is 3. The molecule has 0 spiro atoms. The summed E-state index contributed by atoms with van der Waals surface area (Å²) in [7, 11) is 1.52. The minimum absolute atomic E-state index is 0.0639. The van der Waals surface area contributed by atoms with E-state index in [1.165, 1.54) is 18.9 Å². The van der Waals surface area contributed by atoms with Crippen LogP contribution in [0.4, 0.5) is 0 Å². The van der Waals surface area contributed by atoms with Gasteiger partial charge in [-0.2, -0.15) is 0 Å². The maximum absolute atomic E-state index is 9.85. The van der Waals surface area contributed by atoms with Gasteiger partial charge in [-0.3, -0.25) is 5.10 Å². The van der Waals surface area contributed by atoms with E-state index in [1.54, 1.807) is 18.2 Å². The normalized spacial score (nSPS) is 10.6. The standard InChI is InChI=1S/C11H13N3O3S/c1-17-8-4-2-3-7(16)9(8)10-12-11(14-13-10)18-6-5-15/h2-4,15-16H,5-6H2,1H3,(H,12,13,14). The van der Waals surface area contributed by atoms with E-state index in [-0.39, 0.29) is 12.4 Å². The molecule has 96 valence electrons. The molecule has 0 aliphatic carbocycles. The molecule has 0 radical (unpaired) electrons. The van der Waals surface area contributed by atoms with Crippen LogP contribution in [-0.2, 0) is 0 Å². The van der Waals surface area contributed by atoms with Crippen LogP contribution in [0.25, 0.3) is 11.4 Å². The molecule has 6 nitrogen and oxygen atoms in total. The summed E-state index contributed by atoms with van der Waals surface area (Å²) >= 11 is 1.33. The van der Waals surface area contributed by atoms with E-state index in [4.69, 9.17) is 9.84 Å². The Morgan fingerprint density at radius 3 is 3.00 bits per heavy atom. The second kappa shape index (κ2) is 5.74. The highest BCUT2D eigenvalue weighted by Crippen LogP contribution is 2.35. The Hall–Kier alpha value is -1.73. The first-order chi connectivity index (χ1) is 8.76. The number of hydrogen-bond donors (Lipinski definition) is 3. The lowest BCUT2D eigenvalue weighted by atomic mass is 10.1. The molecule has 0 saturated carbocycles. The molecule has 0 aliphatic rings. The molecule has 1 aromatic heterocycles. The van der Waals surface area contributed by atoms with Gasteiger partial charge in [-0.1, -0.05) is 17.8 Å². The second-order valence-electron chi connectivity index (χ2n) is 3.39. The van der Waals surface area contributed by atoms with E-state index in [9.17, 15) is 5.11 Å². The summed E-state index contributed by atoms with van der Waals surface area (Å²) in [6.45, 7) is 0.0639. The molecular formula is C11H13N3O3S. The van der Waals surface area contributed by atoms with Crippen molar-refractivity contribution in [3.63, 3.8) is 0 Å². The highest BCUT2D eigenvalue weighted by atomic mass is 32.2. The molecule has 3 N–H and O–H groups in total. The van der Waals surface area contributed by atoms with Gasteiger partial charge >= 0.3 is 0 Å². The number of thioether (sulfide) groups is 1. The Labute approximate surface area is 108 Å². The zero-order chi connectivity index (χ0) is 13.0. The average Bonchev–Trinajstić information content (AvgIpc) is 2.84. The number of aromatic amines is 1. The maximum atomic E-state index is 9.85. The van der Waals surface area contributed by atoms with Crippen LogP contribution in [-0.4, -0.2) is 44.9 Å². The average molecular weight is 267 g/mol. The van der Waals surface area contributed by atoms with E-state index in [2.05, 4.69) is 15.2 Å². The number of nitrogens with zero attached hydrogens (tertiary/aromatic N) is 2. The van der Waals surface area contributed by atoms with Crippen molar-refractivity contribution >= 4 is 11.8 Å². The van der Waals surface area contributed by atoms with Crippen LogP contribution in [0.15, 0.2) is 23.4 Å². The fourth-order valence-electron chi connectivity index (χ4n) is 1.49. The third-order valence-electron chi connectivity index (χ3n) is 2.25. The topological polar surface area (TPSA) is 91.3 Å². The molecule has 0 unspecified atom stereocenters. The number of hydrogen-bond acceptors (Lipinski definition) is 6. The Morgan fingerprint density at radius 1 is 1.44 bits per heavy atom. The second-order valence-corrected chi connectivity index (χ2v) is 4.46. The number of methoxy groups -OCH3 is 1. The molecule has 0 atom stereocenters. The first-order valence-corrected chi connectivity index (χ1v) is 6.27. The lowest BCUT2D eigenvalue weighted by molar-refractivity contribution is 0.322. The monoisotopic (exact) mass is 267 g/mol. The van der Waals surface area contributed by atoms with E-state index >= 15 is 0 Å². The van der Waals surface area contributed by atoms with Gasteiger partial charge in [-0.05, 0) is 12.1 Å². The zero-order valence-electron chi connectivity index (χ0n) is 9.75. The summed E-state index contributed by atoms with van der Waals surface area (Å²) in [5.41, 5.74) is 0.475. The van der Waals surface area contributed by atoms with Gasteiger partial charge in [0, 0.05) is 5.75 Å². The minimum Gasteiger partial charge on any atom is -0.507 e. The molecule has 2 rings (SSSR count). The van der Waals surface area contributed by atoms with Crippen LogP contribution in [0.3, 0.4) is 0 Å². The lowest BCUT2D eigenvalue weighted by Gasteiger charge is -2.06. The van der Waals surface area contributed by atoms with Crippen LogP contribution in [0, 0.1) is 0 Å². The van der Waals surface area contributed by atoms with E-state index in [1.807, 2.05) is 0 Å². The quantitative estimate of drug-likeness (QED) is 0.707. The third kappa shape index (κ3) is 2.57. The summed E-state index contributed by atoms with van der Waals surface area (Å²) in [5.74, 6) is 1.55. The van der Waals surface area contributed by atoms with Gasteiger partial charge in [0.2, 0.25) is 5.16 Å². The van der Waals surface area contributed by atoms with E-state index in [0.29, 0.717) is 28.0 Å². The highest BCUT2D eigenvalue weighted by Gasteiger charge is 2.15. The van der Waals surface area contributed by atoms with Crippen molar-refractivity contribution in [2.45, 2.75) is 5.16 Å². The predicted octanol–water partition coefficient (Wildman–Crippen LogP) is 1.27. The number of phenols is 1. The summed E-state index contributed by atoms with van der Waals surface area (Å²) in [4.78, 5) is 4.23. The molecule has 0 aliphatic heterocycles. The summed E-state index contributed by atoms with van der Waals surface area (Å²) in [6, 6.07) is 4.98. The van der Waals surface area contributed by atoms with Crippen LogP contribution >= 0.6 is 11.8 Å². The fourth-order valence-corrected chi connectivity index (χ4v) is 2.03. The Kier molecular flexibility index (Phi) is 4.06. The zero-order valence-corrected chi connectivity index (χ0v) is 10.6. The molecule has 0 saturated heterocycles. The van der Waals surface area contributed by atoms with Gasteiger partial charge in [0.1, 0.15) is 17.1 Å². The van der Waals surface area contributed by atoms with Crippen LogP contribution in [0.2, 0.25) is 0 Å². The van der Waals surface area contributed by atoms with Crippen molar-refractivity contribution in [1.82, 2.24) is 15.2 Å². The fraction of sp³-hybridized carbons (Fsp3) is 0.273. The van der Waals surface area contributed by atoms with Crippen molar-refractivity contribution in [3.8, 4) is 22.9 Å². The maximum Gasteiger partial charge on any atom is 0.208 e. The lowest BCUT2D eigenvalue weighted by Crippen LogP contribution is -1.90. The number of ether oxygens (including phenoxy) is 1. The van der Waals surface area contributed by atoms with Gasteiger partial charge < -0.3 is 14.9 Å². The molecule has 0 fully saturated rings. The van der Waals surface area contributed by atoms with Gasteiger partial charge in [0.05, 0.1) is 13.7 Å². The first-order valence-electron chi connectivity index (χ1n) is 5.28. The molecule has 18 heavy (non-hydrogen) atoms. The summed E-state index contributed by atoms with van der Waals surface area (Å²) in [6.07, 6.45) is 0. The Bertz CT molecular complexity index is 530. The number of benzene rings is 1. The Balaban J connectivity index is 2.33. The molecule has 7 heteroatoms. The van der Waals surface area contributed by atoms with Gasteiger partial charge in [0.15, 0.2) is 5.82 Å². The van der Waals surface area contributed by atoms with E-state index in [0.717, 1.165) is 0 Å². The van der Waals surface area contributed by atoms with Gasteiger partial charge in [-0.25, -0.2) is 4.98 Å². The molecule has 1 aromatic carbocycles.